The number of nitrogens with two attached hydrogens (primary N) is 2. The van der Waals surface area contributed by atoms with Crippen LogP contribution in [0.25, 0.3) is 0 Å². The Morgan fingerprint density at radius 3 is 2.33 bits per heavy atom. The van der Waals surface area contributed by atoms with Gasteiger partial charge < -0.3 is 16.1 Å². The van der Waals surface area contributed by atoms with Gasteiger partial charge in [-0.1, -0.05) is 23.2 Å². The Hall–Kier alpha value is -2.44. The van der Waals surface area contributed by atoms with Gasteiger partial charge in [0, 0.05) is 19.1 Å². The second-order valence-electron chi connectivity index (χ2n) is 5.23. The standard InChI is InChI=1S/C13H16Cl2F3N7O2/c1-24(5-13(16,17)18)12(27)21-8-4-6(14)3-7(9(8)15)10(26)22-11(23-19)25(2)20/h3-4H,5,19-20H2,1-2H3,(H,21,27)(H,22,23,26). The molecule has 0 radical (unpaired) electrons. The Kier molecular flexibility index (Phi) is 7.51. The first kappa shape index (κ1) is 22.6. The minimum atomic E-state index is -4.58. The van der Waals surface area contributed by atoms with Gasteiger partial charge in [-0.15, -0.1) is 5.10 Å². The van der Waals surface area contributed by atoms with Crippen LogP contribution < -0.4 is 22.3 Å². The minimum Gasteiger partial charge on any atom is -0.320 e. The number of hydrazine groups is 1. The number of rotatable bonds is 3. The van der Waals surface area contributed by atoms with Crippen LogP contribution in [0.15, 0.2) is 17.2 Å². The Bertz CT molecular complexity index is 756. The van der Waals surface area contributed by atoms with Crippen LogP contribution in [0, 0.1) is 0 Å². The molecule has 3 amide bonds. The number of hydrazone groups is 1. The number of carbonyl (C=O) groups is 2. The molecule has 0 saturated heterocycles. The highest BCUT2D eigenvalue weighted by molar-refractivity contribution is 6.39. The summed E-state index contributed by atoms with van der Waals surface area (Å²) in [4.78, 5) is 24.6. The van der Waals surface area contributed by atoms with E-state index in [-0.39, 0.29) is 27.3 Å². The monoisotopic (exact) mass is 429 g/mol. The van der Waals surface area contributed by atoms with Crippen molar-refractivity contribution in [1.29, 1.82) is 0 Å². The number of halogens is 5. The molecule has 6 N–H and O–H groups in total. The van der Waals surface area contributed by atoms with Gasteiger partial charge in [-0.2, -0.15) is 13.2 Å². The fourth-order valence-corrected chi connectivity index (χ4v) is 2.24. The molecule has 1 aromatic carbocycles. The van der Waals surface area contributed by atoms with Crippen LogP contribution in [0.4, 0.5) is 23.7 Å². The number of carbonyl (C=O) groups excluding carboxylic acids is 2. The van der Waals surface area contributed by atoms with Crippen molar-refractivity contribution in [2.45, 2.75) is 6.18 Å². The maximum absolute atomic E-state index is 12.4. The molecule has 150 valence electrons. The summed E-state index contributed by atoms with van der Waals surface area (Å²) in [5.41, 5.74) is -0.360. The largest absolute Gasteiger partial charge is 0.406 e. The van der Waals surface area contributed by atoms with E-state index in [4.69, 9.17) is 34.9 Å². The quantitative estimate of drug-likeness (QED) is 0.252. The van der Waals surface area contributed by atoms with Crippen LogP contribution in [0.1, 0.15) is 10.4 Å². The number of guanidine groups is 1. The molecule has 0 aromatic heterocycles. The van der Waals surface area contributed by atoms with Gasteiger partial charge in [0.1, 0.15) is 6.54 Å². The molecule has 14 heteroatoms. The predicted molar refractivity (Wildman–Crippen MR) is 95.2 cm³/mol. The lowest BCUT2D eigenvalue weighted by Crippen LogP contribution is -2.46. The Morgan fingerprint density at radius 1 is 1.26 bits per heavy atom. The van der Waals surface area contributed by atoms with Gasteiger partial charge in [-0.05, 0) is 12.1 Å². The molecule has 0 aliphatic carbocycles. The van der Waals surface area contributed by atoms with E-state index in [0.717, 1.165) is 12.1 Å². The second kappa shape index (κ2) is 8.97. The molecule has 9 nitrogen and oxygen atoms in total. The molecule has 1 rings (SSSR count). The molecule has 0 aliphatic rings. The van der Waals surface area contributed by atoms with Gasteiger partial charge in [-0.25, -0.2) is 10.6 Å². The highest BCUT2D eigenvalue weighted by Crippen LogP contribution is 2.30. The summed E-state index contributed by atoms with van der Waals surface area (Å²) in [6.45, 7) is -1.48. The summed E-state index contributed by atoms with van der Waals surface area (Å²) in [6, 6.07) is 1.25. The Morgan fingerprint density at radius 2 is 1.85 bits per heavy atom. The molecular formula is C13H16Cl2F3N7O2. The number of nitrogens with one attached hydrogen (secondary N) is 2. The third-order valence-electron chi connectivity index (χ3n) is 2.97. The average Bonchev–Trinajstić information content (AvgIpc) is 2.53. The van der Waals surface area contributed by atoms with Crippen molar-refractivity contribution in [2.24, 2.45) is 16.8 Å². The van der Waals surface area contributed by atoms with Gasteiger partial charge in [0.2, 0.25) is 5.96 Å². The maximum Gasteiger partial charge on any atom is 0.406 e. The van der Waals surface area contributed by atoms with Crippen molar-refractivity contribution >= 4 is 46.8 Å². The lowest BCUT2D eigenvalue weighted by molar-refractivity contribution is -0.137. The first-order valence-electron chi connectivity index (χ1n) is 7.01. The summed E-state index contributed by atoms with van der Waals surface area (Å²) in [7, 11) is 2.30. The van der Waals surface area contributed by atoms with Crippen molar-refractivity contribution in [3.8, 4) is 0 Å². The number of alkyl halides is 3. The fraction of sp³-hybridized carbons (Fsp3) is 0.308. The molecule has 1 aromatic rings. The van der Waals surface area contributed by atoms with Gasteiger partial charge in [0.25, 0.3) is 5.91 Å². The molecule has 0 aliphatic heterocycles. The van der Waals surface area contributed by atoms with Crippen LogP contribution in [-0.2, 0) is 0 Å². The summed E-state index contributed by atoms with van der Waals surface area (Å²) >= 11 is 12.0. The van der Waals surface area contributed by atoms with Crippen LogP contribution >= 0.6 is 23.2 Å². The molecule has 0 fully saturated rings. The van der Waals surface area contributed by atoms with Crippen molar-refractivity contribution in [2.75, 3.05) is 26.0 Å². The molecule has 0 unspecified atom stereocenters. The smallest absolute Gasteiger partial charge is 0.320 e. The zero-order valence-electron chi connectivity index (χ0n) is 14.1. The highest BCUT2D eigenvalue weighted by Gasteiger charge is 2.31. The maximum atomic E-state index is 12.4. The highest BCUT2D eigenvalue weighted by atomic mass is 35.5. The second-order valence-corrected chi connectivity index (χ2v) is 6.05. The van der Waals surface area contributed by atoms with Crippen LogP contribution in [-0.4, -0.2) is 54.6 Å². The van der Waals surface area contributed by atoms with E-state index in [1.807, 2.05) is 0 Å². The molecule has 0 saturated carbocycles. The lowest BCUT2D eigenvalue weighted by Gasteiger charge is -2.20. The van der Waals surface area contributed by atoms with E-state index in [2.05, 4.69) is 15.7 Å². The lowest BCUT2D eigenvalue weighted by atomic mass is 10.2. The third kappa shape index (κ3) is 6.66. The summed E-state index contributed by atoms with van der Waals surface area (Å²) in [5, 5.41) is 8.33. The first-order chi connectivity index (χ1) is 12.4. The van der Waals surface area contributed by atoms with E-state index in [0.29, 0.717) is 4.90 Å². The first-order valence-corrected chi connectivity index (χ1v) is 7.77. The van der Waals surface area contributed by atoms with E-state index < -0.39 is 24.7 Å². The van der Waals surface area contributed by atoms with E-state index >= 15 is 0 Å². The summed E-state index contributed by atoms with van der Waals surface area (Å²) < 4.78 is 37.1. The zero-order chi connectivity index (χ0) is 20.9. The van der Waals surface area contributed by atoms with Crippen molar-refractivity contribution in [3.05, 3.63) is 27.7 Å². The van der Waals surface area contributed by atoms with E-state index in [1.165, 1.54) is 19.2 Å². The van der Waals surface area contributed by atoms with Gasteiger partial charge in [0.05, 0.1) is 16.3 Å². The van der Waals surface area contributed by atoms with Crippen LogP contribution in [0.5, 0.6) is 0 Å². The van der Waals surface area contributed by atoms with Crippen molar-refractivity contribution < 1.29 is 22.8 Å². The minimum absolute atomic E-state index is 0.00864. The van der Waals surface area contributed by atoms with Gasteiger partial charge in [-0.3, -0.25) is 15.1 Å². The van der Waals surface area contributed by atoms with Crippen molar-refractivity contribution in [1.82, 2.24) is 15.2 Å². The van der Waals surface area contributed by atoms with Crippen LogP contribution in [0.3, 0.4) is 0 Å². The Labute approximate surface area is 162 Å². The summed E-state index contributed by atoms with van der Waals surface area (Å²) in [6.07, 6.45) is -4.58. The van der Waals surface area contributed by atoms with E-state index in [1.54, 1.807) is 0 Å². The fourth-order valence-electron chi connectivity index (χ4n) is 1.78. The summed E-state index contributed by atoms with van der Waals surface area (Å²) in [5.74, 6) is 9.48. The van der Waals surface area contributed by atoms with Crippen LogP contribution in [0.2, 0.25) is 10.0 Å². The number of nitrogens with zero attached hydrogens (tertiary/aromatic N) is 3. The number of amides is 3. The van der Waals surface area contributed by atoms with Gasteiger partial charge in [0.15, 0.2) is 0 Å². The molecular weight excluding hydrogens is 414 g/mol. The normalized spacial score (nSPS) is 11.8. The van der Waals surface area contributed by atoms with E-state index in [9.17, 15) is 22.8 Å². The molecule has 27 heavy (non-hydrogen) atoms. The van der Waals surface area contributed by atoms with Crippen molar-refractivity contribution in [3.63, 3.8) is 0 Å². The molecule has 0 atom stereocenters. The SMILES string of the molecule is CN(CC(F)(F)F)C(=O)Nc1cc(Cl)cc(C(=O)N/C(=N/N)N(C)N)c1Cl. The van der Waals surface area contributed by atoms with Gasteiger partial charge >= 0.3 is 12.2 Å². The molecule has 0 spiro atoms. The third-order valence-corrected chi connectivity index (χ3v) is 3.59. The topological polar surface area (TPSA) is 129 Å². The Balaban J connectivity index is 3.08. The predicted octanol–water partition coefficient (Wildman–Crippen LogP) is 1.78. The molecule has 0 bridgehead atoms. The zero-order valence-corrected chi connectivity index (χ0v) is 15.6. The number of anilines is 1. The average molecular weight is 430 g/mol. The number of hydrogen-bond acceptors (Lipinski definition) is 5. The molecule has 0 heterocycles. The number of urea groups is 1. The number of benzene rings is 1. The number of hydrogen-bond donors (Lipinski definition) is 4.